The number of sulfonamides is 1. The van der Waals surface area contributed by atoms with Crippen molar-refractivity contribution in [3.8, 4) is 16.9 Å². The standard InChI is InChI=1S/C27H31N3O6S/c1-27(2,3)36-26(32)28-21-11-8-12-22(17-21)29-37(33,34)24-16-19(13-14-23(24)35-6)18-9-7-10-20(15-18)25(31)30(4)5/h7-17,29H,1-6H3,(H,28,32). The van der Waals surface area contributed by atoms with E-state index in [0.717, 1.165) is 0 Å². The van der Waals surface area contributed by atoms with Gasteiger partial charge in [0.1, 0.15) is 16.2 Å². The highest BCUT2D eigenvalue weighted by Crippen LogP contribution is 2.32. The van der Waals surface area contributed by atoms with Gasteiger partial charge in [-0.3, -0.25) is 14.8 Å². The first-order valence-electron chi connectivity index (χ1n) is 11.4. The Labute approximate surface area is 217 Å². The van der Waals surface area contributed by atoms with Crippen LogP contribution in [0.2, 0.25) is 0 Å². The summed E-state index contributed by atoms with van der Waals surface area (Å²) < 4.78 is 39.9. The van der Waals surface area contributed by atoms with Gasteiger partial charge in [-0.1, -0.05) is 24.3 Å². The zero-order valence-corrected chi connectivity index (χ0v) is 22.5. The molecule has 0 aliphatic heterocycles. The molecule has 37 heavy (non-hydrogen) atoms. The zero-order chi connectivity index (χ0) is 27.4. The summed E-state index contributed by atoms with van der Waals surface area (Å²) >= 11 is 0. The maximum Gasteiger partial charge on any atom is 0.412 e. The number of hydrogen-bond acceptors (Lipinski definition) is 6. The van der Waals surface area contributed by atoms with Crippen LogP contribution in [-0.2, 0) is 14.8 Å². The van der Waals surface area contributed by atoms with E-state index >= 15 is 0 Å². The number of nitrogens with zero attached hydrogens (tertiary/aromatic N) is 1. The minimum Gasteiger partial charge on any atom is -0.495 e. The Balaban J connectivity index is 1.91. The van der Waals surface area contributed by atoms with Gasteiger partial charge in [-0.25, -0.2) is 13.2 Å². The van der Waals surface area contributed by atoms with Crippen LogP contribution in [0.5, 0.6) is 5.75 Å². The number of ether oxygens (including phenoxy) is 2. The molecule has 10 heteroatoms. The molecule has 3 rings (SSSR count). The predicted molar refractivity (Wildman–Crippen MR) is 144 cm³/mol. The second kappa shape index (κ2) is 10.9. The van der Waals surface area contributed by atoms with Crippen molar-refractivity contribution in [1.82, 2.24) is 4.90 Å². The van der Waals surface area contributed by atoms with Gasteiger partial charge in [0.25, 0.3) is 15.9 Å². The first-order chi connectivity index (χ1) is 17.3. The van der Waals surface area contributed by atoms with Crippen LogP contribution < -0.4 is 14.8 Å². The predicted octanol–water partition coefficient (Wildman–Crippen LogP) is 5.21. The molecule has 9 nitrogen and oxygen atoms in total. The molecule has 0 saturated heterocycles. The number of rotatable bonds is 7. The third-order valence-electron chi connectivity index (χ3n) is 5.06. The van der Waals surface area contributed by atoms with Crippen molar-refractivity contribution in [1.29, 1.82) is 0 Å². The highest BCUT2D eigenvalue weighted by molar-refractivity contribution is 7.92. The van der Waals surface area contributed by atoms with E-state index in [4.69, 9.17) is 9.47 Å². The maximum absolute atomic E-state index is 13.4. The Morgan fingerprint density at radius 1 is 0.865 bits per heavy atom. The summed E-state index contributed by atoms with van der Waals surface area (Å²) in [6.07, 6.45) is -0.656. The number of carbonyl (C=O) groups is 2. The molecular weight excluding hydrogens is 494 g/mol. The first kappa shape index (κ1) is 27.5. The molecule has 2 amide bonds. The number of benzene rings is 3. The van der Waals surface area contributed by atoms with Crippen LogP contribution >= 0.6 is 0 Å². The summed E-state index contributed by atoms with van der Waals surface area (Å²) in [5.41, 5.74) is 1.67. The van der Waals surface area contributed by atoms with E-state index in [1.165, 1.54) is 24.1 Å². The summed E-state index contributed by atoms with van der Waals surface area (Å²) in [7, 11) is 0.617. The van der Waals surface area contributed by atoms with E-state index < -0.39 is 21.7 Å². The molecule has 0 spiro atoms. The van der Waals surface area contributed by atoms with Gasteiger partial charge in [-0.2, -0.15) is 0 Å². The Morgan fingerprint density at radius 2 is 1.51 bits per heavy atom. The second-order valence-electron chi connectivity index (χ2n) is 9.46. The third-order valence-corrected chi connectivity index (χ3v) is 6.46. The van der Waals surface area contributed by atoms with Crippen molar-refractivity contribution in [3.05, 3.63) is 72.3 Å². The lowest BCUT2D eigenvalue weighted by molar-refractivity contribution is 0.0635. The molecule has 0 aromatic heterocycles. The largest absolute Gasteiger partial charge is 0.495 e. The average molecular weight is 526 g/mol. The van der Waals surface area contributed by atoms with Crippen LogP contribution in [0.4, 0.5) is 16.2 Å². The zero-order valence-electron chi connectivity index (χ0n) is 21.7. The van der Waals surface area contributed by atoms with Crippen molar-refractivity contribution in [2.24, 2.45) is 0 Å². The molecular formula is C27H31N3O6S. The molecule has 0 unspecified atom stereocenters. The fraction of sp³-hybridized carbons (Fsp3) is 0.259. The van der Waals surface area contributed by atoms with Gasteiger partial charge in [0.15, 0.2) is 0 Å². The van der Waals surface area contributed by atoms with Crippen molar-refractivity contribution >= 4 is 33.4 Å². The fourth-order valence-corrected chi connectivity index (χ4v) is 4.69. The lowest BCUT2D eigenvalue weighted by Crippen LogP contribution is -2.27. The van der Waals surface area contributed by atoms with Gasteiger partial charge in [0.05, 0.1) is 12.8 Å². The number of methoxy groups -OCH3 is 1. The van der Waals surface area contributed by atoms with Crippen LogP contribution in [0.25, 0.3) is 11.1 Å². The Hall–Kier alpha value is -4.05. The van der Waals surface area contributed by atoms with E-state index in [2.05, 4.69) is 10.0 Å². The number of anilines is 2. The first-order valence-corrected chi connectivity index (χ1v) is 12.9. The van der Waals surface area contributed by atoms with Crippen molar-refractivity contribution in [2.45, 2.75) is 31.3 Å². The van der Waals surface area contributed by atoms with E-state index in [1.807, 2.05) is 0 Å². The number of hydrogen-bond donors (Lipinski definition) is 2. The lowest BCUT2D eigenvalue weighted by atomic mass is 10.0. The molecule has 0 radical (unpaired) electrons. The molecule has 0 aliphatic rings. The normalized spacial score (nSPS) is 11.4. The molecule has 196 valence electrons. The van der Waals surface area contributed by atoms with Gasteiger partial charge in [-0.15, -0.1) is 0 Å². The Morgan fingerprint density at radius 3 is 2.16 bits per heavy atom. The maximum atomic E-state index is 13.4. The second-order valence-corrected chi connectivity index (χ2v) is 11.1. The van der Waals surface area contributed by atoms with Gasteiger partial charge in [0, 0.05) is 25.3 Å². The minimum atomic E-state index is -4.09. The summed E-state index contributed by atoms with van der Waals surface area (Å²) in [5.74, 6) is -0.00967. The van der Waals surface area contributed by atoms with Crippen molar-refractivity contribution in [3.63, 3.8) is 0 Å². The molecule has 2 N–H and O–H groups in total. The molecule has 0 saturated carbocycles. The van der Waals surface area contributed by atoms with Crippen LogP contribution in [0.15, 0.2) is 71.6 Å². The Kier molecular flexibility index (Phi) is 8.12. The highest BCUT2D eigenvalue weighted by Gasteiger charge is 2.22. The van der Waals surface area contributed by atoms with Crippen molar-refractivity contribution in [2.75, 3.05) is 31.2 Å². The number of amides is 2. The summed E-state index contributed by atoms with van der Waals surface area (Å²) in [6, 6.07) is 18.0. The van der Waals surface area contributed by atoms with Crippen LogP contribution in [0.3, 0.4) is 0 Å². The van der Waals surface area contributed by atoms with Crippen LogP contribution in [0, 0.1) is 0 Å². The third kappa shape index (κ3) is 7.23. The smallest absolute Gasteiger partial charge is 0.412 e. The molecule has 0 atom stereocenters. The Bertz CT molecular complexity index is 1410. The van der Waals surface area contributed by atoms with Gasteiger partial charge in [-0.05, 0) is 74.4 Å². The van der Waals surface area contributed by atoms with E-state index in [1.54, 1.807) is 89.5 Å². The van der Waals surface area contributed by atoms with E-state index in [9.17, 15) is 18.0 Å². The topological polar surface area (TPSA) is 114 Å². The van der Waals surface area contributed by atoms with Gasteiger partial charge < -0.3 is 14.4 Å². The van der Waals surface area contributed by atoms with Crippen LogP contribution in [0.1, 0.15) is 31.1 Å². The molecule has 0 aliphatic carbocycles. The molecule has 3 aromatic rings. The van der Waals surface area contributed by atoms with Crippen molar-refractivity contribution < 1.29 is 27.5 Å². The molecule has 0 fully saturated rings. The summed E-state index contributed by atoms with van der Waals surface area (Å²) in [4.78, 5) is 25.9. The average Bonchev–Trinajstić information content (AvgIpc) is 2.81. The summed E-state index contributed by atoms with van der Waals surface area (Å²) in [5, 5.41) is 2.59. The van der Waals surface area contributed by atoms with Gasteiger partial charge >= 0.3 is 6.09 Å². The van der Waals surface area contributed by atoms with E-state index in [0.29, 0.717) is 22.4 Å². The monoisotopic (exact) mass is 525 g/mol. The summed E-state index contributed by atoms with van der Waals surface area (Å²) in [6.45, 7) is 5.24. The fourth-order valence-electron chi connectivity index (χ4n) is 3.45. The molecule has 3 aromatic carbocycles. The quantitative estimate of drug-likeness (QED) is 0.438. The minimum absolute atomic E-state index is 0.0812. The number of carbonyl (C=O) groups excluding carboxylic acids is 2. The van der Waals surface area contributed by atoms with Crippen LogP contribution in [-0.4, -0.2) is 52.1 Å². The van der Waals surface area contributed by atoms with Gasteiger partial charge in [0.2, 0.25) is 0 Å². The number of nitrogens with one attached hydrogen (secondary N) is 2. The molecule has 0 bridgehead atoms. The lowest BCUT2D eigenvalue weighted by Gasteiger charge is -2.20. The highest BCUT2D eigenvalue weighted by atomic mass is 32.2. The molecule has 0 heterocycles. The van der Waals surface area contributed by atoms with E-state index in [-0.39, 0.29) is 22.2 Å². The SMILES string of the molecule is COc1ccc(-c2cccc(C(=O)N(C)C)c2)cc1S(=O)(=O)Nc1cccc(NC(=O)OC(C)(C)C)c1.